The van der Waals surface area contributed by atoms with Crippen LogP contribution in [-0.2, 0) is 6.54 Å². The maximum atomic E-state index is 3.30. The Labute approximate surface area is 74.6 Å². The van der Waals surface area contributed by atoms with Crippen molar-refractivity contribution in [3.8, 4) is 0 Å². The van der Waals surface area contributed by atoms with E-state index in [4.69, 9.17) is 0 Å². The Morgan fingerprint density at radius 1 is 1.50 bits per heavy atom. The van der Waals surface area contributed by atoms with Crippen molar-refractivity contribution in [3.63, 3.8) is 0 Å². The maximum Gasteiger partial charge on any atom is 0.0274 e. The highest BCUT2D eigenvalue weighted by atomic mass is 15.0. The fourth-order valence-corrected chi connectivity index (χ4v) is 1.15. The molecule has 0 atom stereocenters. The number of hydrogen-bond acceptors (Lipinski definition) is 1. The van der Waals surface area contributed by atoms with Crippen LogP contribution in [0.4, 0.5) is 0 Å². The maximum absolute atomic E-state index is 3.30. The predicted molar refractivity (Wildman–Crippen MR) is 52.2 cm³/mol. The fraction of sp³-hybridized carbons (Fsp3) is 0.600. The van der Waals surface area contributed by atoms with E-state index in [2.05, 4.69) is 49.1 Å². The van der Waals surface area contributed by atoms with Crippen LogP contribution in [0.3, 0.4) is 0 Å². The molecule has 1 heterocycles. The zero-order valence-electron chi connectivity index (χ0n) is 8.17. The molecule has 0 unspecified atom stereocenters. The van der Waals surface area contributed by atoms with E-state index < -0.39 is 0 Å². The first-order chi connectivity index (χ1) is 5.74. The molecule has 2 heteroatoms. The van der Waals surface area contributed by atoms with Gasteiger partial charge >= 0.3 is 0 Å². The summed E-state index contributed by atoms with van der Waals surface area (Å²) in [5.41, 5.74) is 1.37. The average molecular weight is 166 g/mol. The minimum atomic E-state index is 0.570. The van der Waals surface area contributed by atoms with Crippen LogP contribution in [0, 0.1) is 0 Å². The number of aromatic nitrogens is 1. The predicted octanol–water partition coefficient (Wildman–Crippen LogP) is 2.18. The lowest BCUT2D eigenvalue weighted by Gasteiger charge is -2.05. The Balaban J connectivity index is 2.52. The molecule has 1 N–H and O–H groups in total. The van der Waals surface area contributed by atoms with E-state index in [0.29, 0.717) is 6.04 Å². The Morgan fingerprint density at radius 2 is 2.25 bits per heavy atom. The van der Waals surface area contributed by atoms with Crippen molar-refractivity contribution in [3.05, 3.63) is 24.0 Å². The molecular formula is C10H18N2. The van der Waals surface area contributed by atoms with Crippen LogP contribution in [0.2, 0.25) is 0 Å². The van der Waals surface area contributed by atoms with Crippen LogP contribution in [0.5, 0.6) is 0 Å². The molecule has 0 bridgehead atoms. The third kappa shape index (κ3) is 2.38. The summed E-state index contributed by atoms with van der Waals surface area (Å²) in [6, 6.07) is 2.74. The molecule has 1 aromatic rings. The number of hydrogen-bond donors (Lipinski definition) is 1. The highest BCUT2D eigenvalue weighted by Crippen LogP contribution is 2.07. The first kappa shape index (κ1) is 9.33. The number of nitrogens with one attached hydrogen (secondary N) is 1. The Kier molecular flexibility index (Phi) is 3.35. The second-order valence-corrected chi connectivity index (χ2v) is 3.34. The molecule has 0 saturated heterocycles. The van der Waals surface area contributed by atoms with Gasteiger partial charge in [0.1, 0.15) is 0 Å². The third-order valence-electron chi connectivity index (χ3n) is 1.95. The second kappa shape index (κ2) is 4.31. The molecule has 0 aliphatic rings. The molecule has 0 saturated carbocycles. The van der Waals surface area contributed by atoms with Crippen molar-refractivity contribution in [1.29, 1.82) is 0 Å². The molecule has 0 aliphatic carbocycles. The average Bonchev–Trinajstić information content (AvgIpc) is 2.48. The summed E-state index contributed by atoms with van der Waals surface area (Å²) < 4.78 is 2.23. The summed E-state index contributed by atoms with van der Waals surface area (Å²) in [6.45, 7) is 8.52. The van der Waals surface area contributed by atoms with Crippen molar-refractivity contribution in [2.75, 3.05) is 6.54 Å². The quantitative estimate of drug-likeness (QED) is 0.725. The van der Waals surface area contributed by atoms with E-state index in [1.54, 1.807) is 0 Å². The lowest BCUT2D eigenvalue weighted by atomic mass is 10.3. The van der Waals surface area contributed by atoms with Gasteiger partial charge in [-0.3, -0.25) is 0 Å². The van der Waals surface area contributed by atoms with Crippen LogP contribution in [0.1, 0.15) is 32.4 Å². The van der Waals surface area contributed by atoms with Gasteiger partial charge in [0.25, 0.3) is 0 Å². The van der Waals surface area contributed by atoms with Crippen LogP contribution in [0.15, 0.2) is 18.5 Å². The van der Waals surface area contributed by atoms with E-state index in [9.17, 15) is 0 Å². The van der Waals surface area contributed by atoms with E-state index in [1.807, 2.05) is 0 Å². The topological polar surface area (TPSA) is 17.0 Å². The van der Waals surface area contributed by atoms with E-state index in [-0.39, 0.29) is 0 Å². The minimum absolute atomic E-state index is 0.570. The molecule has 0 spiro atoms. The molecule has 68 valence electrons. The molecule has 2 nitrogen and oxygen atoms in total. The molecule has 0 amide bonds. The summed E-state index contributed by atoms with van der Waals surface area (Å²) in [6.07, 6.45) is 4.34. The molecule has 0 aliphatic heterocycles. The van der Waals surface area contributed by atoms with Gasteiger partial charge in [0, 0.05) is 25.0 Å². The summed E-state index contributed by atoms with van der Waals surface area (Å²) in [7, 11) is 0. The first-order valence-corrected chi connectivity index (χ1v) is 4.61. The lowest BCUT2D eigenvalue weighted by Crippen LogP contribution is -2.11. The van der Waals surface area contributed by atoms with Crippen molar-refractivity contribution >= 4 is 0 Å². The van der Waals surface area contributed by atoms with Gasteiger partial charge in [0.15, 0.2) is 0 Å². The van der Waals surface area contributed by atoms with Crippen molar-refractivity contribution in [2.24, 2.45) is 0 Å². The van der Waals surface area contributed by atoms with Crippen molar-refractivity contribution in [2.45, 2.75) is 33.4 Å². The number of rotatable bonds is 4. The number of nitrogens with zero attached hydrogens (tertiary/aromatic N) is 1. The Hall–Kier alpha value is -0.760. The van der Waals surface area contributed by atoms with Crippen LogP contribution in [-0.4, -0.2) is 11.1 Å². The normalized spacial score (nSPS) is 11.0. The summed E-state index contributed by atoms with van der Waals surface area (Å²) >= 11 is 0. The van der Waals surface area contributed by atoms with Crippen LogP contribution >= 0.6 is 0 Å². The van der Waals surface area contributed by atoms with Gasteiger partial charge in [0.2, 0.25) is 0 Å². The third-order valence-corrected chi connectivity index (χ3v) is 1.95. The van der Waals surface area contributed by atoms with Crippen molar-refractivity contribution in [1.82, 2.24) is 9.88 Å². The second-order valence-electron chi connectivity index (χ2n) is 3.34. The van der Waals surface area contributed by atoms with Gasteiger partial charge in [-0.15, -0.1) is 0 Å². The highest BCUT2D eigenvalue weighted by molar-refractivity contribution is 5.10. The summed E-state index contributed by atoms with van der Waals surface area (Å²) in [4.78, 5) is 0. The van der Waals surface area contributed by atoms with E-state index in [0.717, 1.165) is 13.1 Å². The molecule has 1 aromatic heterocycles. The molecular weight excluding hydrogens is 148 g/mol. The van der Waals surface area contributed by atoms with Gasteiger partial charge in [-0.05, 0) is 32.0 Å². The van der Waals surface area contributed by atoms with Gasteiger partial charge < -0.3 is 9.88 Å². The largest absolute Gasteiger partial charge is 0.351 e. The molecule has 0 aromatic carbocycles. The Morgan fingerprint density at radius 3 is 2.75 bits per heavy atom. The monoisotopic (exact) mass is 166 g/mol. The molecule has 1 rings (SSSR count). The molecule has 0 radical (unpaired) electrons. The van der Waals surface area contributed by atoms with Gasteiger partial charge in [0.05, 0.1) is 0 Å². The Bertz CT molecular complexity index is 225. The minimum Gasteiger partial charge on any atom is -0.351 e. The van der Waals surface area contributed by atoms with Gasteiger partial charge in [-0.2, -0.15) is 0 Å². The standard InChI is InChI=1S/C10H18N2/c1-4-11-7-10-5-6-12(8-10)9(2)3/h5-6,8-9,11H,4,7H2,1-3H3. The van der Waals surface area contributed by atoms with Crippen LogP contribution < -0.4 is 5.32 Å². The lowest BCUT2D eigenvalue weighted by molar-refractivity contribution is 0.600. The molecule has 0 fully saturated rings. The fourth-order valence-electron chi connectivity index (χ4n) is 1.15. The van der Waals surface area contributed by atoms with Crippen LogP contribution in [0.25, 0.3) is 0 Å². The highest BCUT2D eigenvalue weighted by Gasteiger charge is 1.98. The van der Waals surface area contributed by atoms with E-state index in [1.165, 1.54) is 5.56 Å². The zero-order valence-corrected chi connectivity index (χ0v) is 8.17. The zero-order chi connectivity index (χ0) is 8.97. The smallest absolute Gasteiger partial charge is 0.0274 e. The SMILES string of the molecule is CCNCc1ccn(C(C)C)c1. The summed E-state index contributed by atoms with van der Waals surface area (Å²) in [5.74, 6) is 0. The van der Waals surface area contributed by atoms with Crippen molar-refractivity contribution < 1.29 is 0 Å². The van der Waals surface area contributed by atoms with Gasteiger partial charge in [-0.25, -0.2) is 0 Å². The first-order valence-electron chi connectivity index (χ1n) is 4.61. The van der Waals surface area contributed by atoms with E-state index >= 15 is 0 Å². The molecule has 12 heavy (non-hydrogen) atoms. The van der Waals surface area contributed by atoms with Gasteiger partial charge in [-0.1, -0.05) is 6.92 Å². The summed E-state index contributed by atoms with van der Waals surface area (Å²) in [5, 5.41) is 3.30.